The Morgan fingerprint density at radius 2 is 1.74 bits per heavy atom. The molecule has 0 fully saturated rings. The van der Waals surface area contributed by atoms with Gasteiger partial charge < -0.3 is 29.4 Å². The quantitative estimate of drug-likeness (QED) is 0.331. The molecule has 4 aromatic rings. The third-order valence-electron chi connectivity index (χ3n) is 4.93. The van der Waals surface area contributed by atoms with Crippen molar-refractivity contribution in [1.29, 1.82) is 0 Å². The summed E-state index contributed by atoms with van der Waals surface area (Å²) in [4.78, 5) is 34.9. The number of methoxy groups -OCH3 is 2. The van der Waals surface area contributed by atoms with E-state index in [2.05, 4.69) is 29.9 Å². The number of hydrogen-bond acceptors (Lipinski definition) is 10. The van der Waals surface area contributed by atoms with Crippen LogP contribution in [0, 0.1) is 18.6 Å². The van der Waals surface area contributed by atoms with Crippen molar-refractivity contribution in [1.82, 2.24) is 14.7 Å². The Labute approximate surface area is 208 Å². The van der Waals surface area contributed by atoms with E-state index in [9.17, 15) is 31.5 Å². The van der Waals surface area contributed by atoms with E-state index in [1.807, 2.05) is 0 Å². The van der Waals surface area contributed by atoms with Gasteiger partial charge in [-0.1, -0.05) is 4.73 Å². The number of alkyl halides is 3. The number of nitrogens with zero attached hydrogens (tertiary/aromatic N) is 3. The first-order chi connectivity index (χ1) is 17.9. The number of halogens is 5. The van der Waals surface area contributed by atoms with Crippen LogP contribution >= 0.6 is 0 Å². The minimum atomic E-state index is -5.45. The van der Waals surface area contributed by atoms with E-state index in [0.29, 0.717) is 22.7 Å². The predicted octanol–water partition coefficient (Wildman–Crippen LogP) is 3.99. The molecule has 16 heteroatoms. The molecule has 0 spiro atoms. The maximum atomic E-state index is 14.5. The molecule has 0 unspecified atom stereocenters. The highest BCUT2D eigenvalue weighted by Crippen LogP contribution is 2.35. The number of aromatic nitrogens is 3. The van der Waals surface area contributed by atoms with Gasteiger partial charge in [-0.2, -0.15) is 18.2 Å². The second-order valence-electron chi connectivity index (χ2n) is 7.51. The standard InChI is InChI=1S/C22H16F5N5O6/c1-9-4-10(7-15(35-2)16(9)36-3)30-20-28-8-13(24)18(31-20)29-11-5-12(23)17-14(6-11)32(21(34)37-17)38-19(33)22(25,26)27/h4-8H,1-3H3,(H2,28,29,30,31). The summed E-state index contributed by atoms with van der Waals surface area (Å²) < 4.78 is 81.6. The molecule has 0 saturated heterocycles. The van der Waals surface area contributed by atoms with Crippen LogP contribution in [0.15, 0.2) is 39.7 Å². The summed E-state index contributed by atoms with van der Waals surface area (Å²) in [5.74, 6) is -6.22. The fourth-order valence-corrected chi connectivity index (χ4v) is 3.36. The zero-order chi connectivity index (χ0) is 27.8. The fourth-order valence-electron chi connectivity index (χ4n) is 3.36. The zero-order valence-corrected chi connectivity index (χ0v) is 19.6. The van der Waals surface area contributed by atoms with Crippen LogP contribution in [0.3, 0.4) is 0 Å². The Morgan fingerprint density at radius 3 is 2.39 bits per heavy atom. The molecule has 0 aliphatic rings. The number of carbonyl (C=O) groups excluding carboxylic acids is 1. The van der Waals surface area contributed by atoms with Crippen molar-refractivity contribution >= 4 is 40.2 Å². The molecule has 2 aromatic carbocycles. The lowest BCUT2D eigenvalue weighted by Crippen LogP contribution is -2.36. The van der Waals surface area contributed by atoms with E-state index in [1.54, 1.807) is 19.1 Å². The molecular weight excluding hydrogens is 525 g/mol. The molecule has 0 radical (unpaired) electrons. The number of oxazole rings is 1. The molecule has 0 saturated carbocycles. The predicted molar refractivity (Wildman–Crippen MR) is 121 cm³/mol. The summed E-state index contributed by atoms with van der Waals surface area (Å²) in [6.45, 7) is 1.76. The summed E-state index contributed by atoms with van der Waals surface area (Å²) in [5, 5.41) is 5.28. The molecule has 0 aliphatic carbocycles. The van der Waals surface area contributed by atoms with Crippen molar-refractivity contribution in [3.05, 3.63) is 58.2 Å². The lowest BCUT2D eigenvalue weighted by Gasteiger charge is -2.14. The summed E-state index contributed by atoms with van der Waals surface area (Å²) in [7, 11) is 2.92. The summed E-state index contributed by atoms with van der Waals surface area (Å²) in [6.07, 6.45) is -4.64. The van der Waals surface area contributed by atoms with Gasteiger partial charge in [0, 0.05) is 23.5 Å². The molecular formula is C22H16F5N5O6. The van der Waals surface area contributed by atoms with Crippen molar-refractivity contribution in [2.45, 2.75) is 13.1 Å². The van der Waals surface area contributed by atoms with E-state index < -0.39 is 46.5 Å². The van der Waals surface area contributed by atoms with Crippen LogP contribution in [0.1, 0.15) is 5.56 Å². The number of benzene rings is 2. The van der Waals surface area contributed by atoms with Crippen LogP contribution in [0.4, 0.5) is 45.1 Å². The third-order valence-corrected chi connectivity index (χ3v) is 4.93. The lowest BCUT2D eigenvalue weighted by molar-refractivity contribution is -0.200. The summed E-state index contributed by atoms with van der Waals surface area (Å²) in [6, 6.07) is 4.91. The maximum Gasteiger partial charge on any atom is 0.493 e. The Kier molecular flexibility index (Phi) is 6.80. The van der Waals surface area contributed by atoms with Gasteiger partial charge in [0.25, 0.3) is 0 Å². The van der Waals surface area contributed by atoms with Crippen molar-refractivity contribution in [3.63, 3.8) is 0 Å². The Hall–Kier alpha value is -4.89. The van der Waals surface area contributed by atoms with Crippen molar-refractivity contribution in [3.8, 4) is 11.5 Å². The van der Waals surface area contributed by atoms with E-state index >= 15 is 0 Å². The highest BCUT2D eigenvalue weighted by atomic mass is 19.4. The van der Waals surface area contributed by atoms with E-state index in [0.717, 1.165) is 18.3 Å². The first-order valence-corrected chi connectivity index (χ1v) is 10.3. The van der Waals surface area contributed by atoms with Gasteiger partial charge in [-0.25, -0.2) is 23.4 Å². The number of fused-ring (bicyclic) bond motifs is 1. The Bertz CT molecular complexity index is 1600. The van der Waals surface area contributed by atoms with Gasteiger partial charge in [-0.05, 0) is 24.6 Å². The number of rotatable bonds is 7. The first-order valence-electron chi connectivity index (χ1n) is 10.3. The van der Waals surface area contributed by atoms with Crippen molar-refractivity contribution in [2.24, 2.45) is 0 Å². The lowest BCUT2D eigenvalue weighted by atomic mass is 10.2. The minimum Gasteiger partial charge on any atom is -0.493 e. The molecule has 2 aromatic heterocycles. The minimum absolute atomic E-state index is 0.0959. The van der Waals surface area contributed by atoms with Gasteiger partial charge in [-0.15, -0.1) is 0 Å². The number of anilines is 4. The highest BCUT2D eigenvalue weighted by Gasteiger charge is 2.42. The van der Waals surface area contributed by atoms with Crippen LogP contribution in [0.25, 0.3) is 11.1 Å². The molecule has 38 heavy (non-hydrogen) atoms. The van der Waals surface area contributed by atoms with Gasteiger partial charge in [-0.3, -0.25) is 0 Å². The van der Waals surface area contributed by atoms with Crippen LogP contribution in [-0.2, 0) is 4.79 Å². The summed E-state index contributed by atoms with van der Waals surface area (Å²) in [5.41, 5.74) is -0.596. The van der Waals surface area contributed by atoms with Gasteiger partial charge in [0.15, 0.2) is 34.5 Å². The molecule has 200 valence electrons. The van der Waals surface area contributed by atoms with Gasteiger partial charge >= 0.3 is 17.9 Å². The zero-order valence-electron chi connectivity index (χ0n) is 19.6. The molecule has 0 amide bonds. The number of aryl methyl sites for hydroxylation is 1. The smallest absolute Gasteiger partial charge is 0.493 e. The van der Waals surface area contributed by atoms with Crippen LogP contribution in [-0.4, -0.2) is 41.1 Å². The molecule has 0 aliphatic heterocycles. The van der Waals surface area contributed by atoms with Crippen LogP contribution < -0.4 is 30.7 Å². The number of ether oxygens (including phenoxy) is 2. The van der Waals surface area contributed by atoms with Crippen LogP contribution in [0.2, 0.25) is 0 Å². The molecule has 0 atom stereocenters. The third kappa shape index (κ3) is 5.14. The molecule has 2 heterocycles. The van der Waals surface area contributed by atoms with Gasteiger partial charge in [0.05, 0.1) is 20.4 Å². The van der Waals surface area contributed by atoms with Crippen molar-refractivity contribution < 1.29 is 45.5 Å². The van der Waals surface area contributed by atoms with Crippen LogP contribution in [0.5, 0.6) is 11.5 Å². The topological polar surface area (TPSA) is 130 Å². The fraction of sp³-hybridized carbons (Fsp3) is 0.182. The average Bonchev–Trinajstić information content (AvgIpc) is 3.15. The molecule has 4 rings (SSSR count). The first kappa shape index (κ1) is 26.2. The Balaban J connectivity index is 1.66. The van der Waals surface area contributed by atoms with Gasteiger partial charge in [0.2, 0.25) is 5.95 Å². The number of nitrogens with one attached hydrogen (secondary N) is 2. The Morgan fingerprint density at radius 1 is 1.03 bits per heavy atom. The summed E-state index contributed by atoms with van der Waals surface area (Å²) >= 11 is 0. The molecule has 0 bridgehead atoms. The van der Waals surface area contributed by atoms with E-state index in [-0.39, 0.29) is 16.4 Å². The van der Waals surface area contributed by atoms with E-state index in [4.69, 9.17) is 9.47 Å². The normalized spacial score (nSPS) is 11.4. The van der Waals surface area contributed by atoms with E-state index in [1.165, 1.54) is 14.2 Å². The monoisotopic (exact) mass is 541 g/mol. The second-order valence-corrected chi connectivity index (χ2v) is 7.51. The maximum absolute atomic E-state index is 14.5. The second kappa shape index (κ2) is 9.87. The highest BCUT2D eigenvalue weighted by molar-refractivity contribution is 5.81. The SMILES string of the molecule is COc1cc(Nc2ncc(F)c(Nc3cc(F)c4oc(=O)n(OC(=O)C(F)(F)F)c4c3)n2)cc(C)c1OC. The molecule has 2 N–H and O–H groups in total. The average molecular weight is 541 g/mol. The molecule has 11 nitrogen and oxygen atoms in total. The number of carbonyl (C=O) groups is 1. The number of hydrogen-bond donors (Lipinski definition) is 2. The van der Waals surface area contributed by atoms with Crippen molar-refractivity contribution in [2.75, 3.05) is 24.9 Å². The van der Waals surface area contributed by atoms with Gasteiger partial charge in [0.1, 0.15) is 5.52 Å². The largest absolute Gasteiger partial charge is 0.493 e.